The molecule has 2 amide bonds. The summed E-state index contributed by atoms with van der Waals surface area (Å²) in [6, 6.07) is 11.6. The predicted molar refractivity (Wildman–Crippen MR) is 107 cm³/mol. The number of pyridine rings is 1. The molecular weight excluding hydrogens is 356 g/mol. The van der Waals surface area contributed by atoms with Crippen LogP contribution in [-0.4, -0.2) is 67.3 Å². The zero-order valence-electron chi connectivity index (χ0n) is 16.3. The maximum atomic E-state index is 12.8. The summed E-state index contributed by atoms with van der Waals surface area (Å²) in [6.07, 6.45) is 3.49. The summed E-state index contributed by atoms with van der Waals surface area (Å²) in [4.78, 5) is 21.0. The second kappa shape index (κ2) is 10.6. The molecule has 28 heavy (non-hydrogen) atoms. The smallest absolute Gasteiger partial charge is 0.318 e. The first-order valence-corrected chi connectivity index (χ1v) is 9.59. The van der Waals surface area contributed by atoms with E-state index in [1.807, 2.05) is 41.3 Å². The number of hydrogen-bond acceptors (Lipinski definition) is 5. The van der Waals surface area contributed by atoms with E-state index in [-0.39, 0.29) is 6.03 Å². The number of methoxy groups -OCH3 is 1. The van der Waals surface area contributed by atoms with Crippen molar-refractivity contribution >= 4 is 6.03 Å². The van der Waals surface area contributed by atoms with Gasteiger partial charge in [-0.2, -0.15) is 0 Å². The highest BCUT2D eigenvalue weighted by atomic mass is 16.5. The molecule has 1 fully saturated rings. The lowest BCUT2D eigenvalue weighted by molar-refractivity contribution is 0.0385. The number of aromatic nitrogens is 1. The van der Waals surface area contributed by atoms with Crippen molar-refractivity contribution in [2.75, 3.05) is 46.5 Å². The van der Waals surface area contributed by atoms with Gasteiger partial charge in [0.1, 0.15) is 5.75 Å². The monoisotopic (exact) mass is 384 g/mol. The van der Waals surface area contributed by atoms with Gasteiger partial charge in [0.2, 0.25) is 0 Å². The number of nitrogens with one attached hydrogen (secondary N) is 1. The van der Waals surface area contributed by atoms with Gasteiger partial charge in [-0.3, -0.25) is 9.88 Å². The Balaban J connectivity index is 1.59. The molecule has 7 heteroatoms. The lowest BCUT2D eigenvalue weighted by atomic mass is 10.2. The fourth-order valence-corrected chi connectivity index (χ4v) is 3.12. The highest BCUT2D eigenvalue weighted by molar-refractivity contribution is 5.74. The molecule has 1 aromatic carbocycles. The molecule has 1 aliphatic rings. The van der Waals surface area contributed by atoms with Crippen LogP contribution in [0.1, 0.15) is 11.1 Å². The number of ether oxygens (including phenoxy) is 2. The third kappa shape index (κ3) is 6.21. The van der Waals surface area contributed by atoms with E-state index in [0.29, 0.717) is 19.6 Å². The molecule has 2 aromatic rings. The number of morpholine rings is 1. The summed E-state index contributed by atoms with van der Waals surface area (Å²) in [5.41, 5.74) is 2.10. The first-order valence-electron chi connectivity index (χ1n) is 9.59. The van der Waals surface area contributed by atoms with Crippen LogP contribution in [0, 0.1) is 0 Å². The van der Waals surface area contributed by atoms with Crippen molar-refractivity contribution in [3.63, 3.8) is 0 Å². The lowest BCUT2D eigenvalue weighted by Crippen LogP contribution is -2.44. The van der Waals surface area contributed by atoms with Crippen molar-refractivity contribution in [1.82, 2.24) is 20.1 Å². The van der Waals surface area contributed by atoms with Crippen LogP contribution in [0.2, 0.25) is 0 Å². The van der Waals surface area contributed by atoms with Crippen LogP contribution in [0.5, 0.6) is 5.75 Å². The maximum absolute atomic E-state index is 12.8. The Morgan fingerprint density at radius 2 is 1.75 bits per heavy atom. The van der Waals surface area contributed by atoms with Gasteiger partial charge in [0, 0.05) is 51.7 Å². The average Bonchev–Trinajstić information content (AvgIpc) is 2.75. The minimum atomic E-state index is -0.0686. The van der Waals surface area contributed by atoms with Crippen molar-refractivity contribution in [3.8, 4) is 5.75 Å². The number of carbonyl (C=O) groups is 1. The molecule has 2 heterocycles. The first kappa shape index (κ1) is 20.1. The number of urea groups is 1. The Hall–Kier alpha value is -2.64. The van der Waals surface area contributed by atoms with Crippen molar-refractivity contribution in [3.05, 3.63) is 59.9 Å². The van der Waals surface area contributed by atoms with E-state index in [1.54, 1.807) is 19.5 Å². The summed E-state index contributed by atoms with van der Waals surface area (Å²) in [5.74, 6) is 0.805. The van der Waals surface area contributed by atoms with Gasteiger partial charge in [-0.25, -0.2) is 4.79 Å². The van der Waals surface area contributed by atoms with Crippen LogP contribution in [0.25, 0.3) is 0 Å². The standard InChI is InChI=1S/C21H28N4O3/c1-27-20-4-2-18(3-5-20)16-25(17-19-6-8-22-9-7-19)21(26)23-10-11-24-12-14-28-15-13-24/h2-9H,10-17H2,1H3,(H,23,26). The molecule has 1 saturated heterocycles. The lowest BCUT2D eigenvalue weighted by Gasteiger charge is -2.28. The van der Waals surface area contributed by atoms with E-state index >= 15 is 0 Å². The number of amides is 2. The van der Waals surface area contributed by atoms with Gasteiger partial charge in [0.15, 0.2) is 0 Å². The van der Waals surface area contributed by atoms with Gasteiger partial charge in [-0.05, 0) is 35.4 Å². The zero-order chi connectivity index (χ0) is 19.6. The first-order chi connectivity index (χ1) is 13.7. The van der Waals surface area contributed by atoms with Crippen LogP contribution in [-0.2, 0) is 17.8 Å². The predicted octanol–water partition coefficient (Wildman–Crippen LogP) is 2.13. The molecule has 1 aromatic heterocycles. The molecule has 150 valence electrons. The number of benzene rings is 1. The van der Waals surface area contributed by atoms with Crippen LogP contribution < -0.4 is 10.1 Å². The Morgan fingerprint density at radius 3 is 2.39 bits per heavy atom. The minimum Gasteiger partial charge on any atom is -0.497 e. The fraction of sp³-hybridized carbons (Fsp3) is 0.429. The third-order valence-electron chi connectivity index (χ3n) is 4.75. The molecule has 3 rings (SSSR count). The van der Waals surface area contributed by atoms with Crippen LogP contribution in [0.3, 0.4) is 0 Å². The van der Waals surface area contributed by atoms with Gasteiger partial charge in [-0.1, -0.05) is 12.1 Å². The molecule has 0 spiro atoms. The van der Waals surface area contributed by atoms with Crippen LogP contribution in [0.4, 0.5) is 4.79 Å². The van der Waals surface area contributed by atoms with Crippen LogP contribution >= 0.6 is 0 Å². The van der Waals surface area contributed by atoms with E-state index in [2.05, 4.69) is 15.2 Å². The zero-order valence-corrected chi connectivity index (χ0v) is 16.3. The second-order valence-corrected chi connectivity index (χ2v) is 6.75. The van der Waals surface area contributed by atoms with Crippen molar-refractivity contribution in [1.29, 1.82) is 0 Å². The topological polar surface area (TPSA) is 66.9 Å². The summed E-state index contributed by atoms with van der Waals surface area (Å²) in [7, 11) is 1.65. The number of rotatable bonds is 8. The highest BCUT2D eigenvalue weighted by Crippen LogP contribution is 2.15. The van der Waals surface area contributed by atoms with E-state index in [0.717, 1.165) is 49.7 Å². The van der Waals surface area contributed by atoms with E-state index in [9.17, 15) is 4.79 Å². The maximum Gasteiger partial charge on any atom is 0.318 e. The second-order valence-electron chi connectivity index (χ2n) is 6.75. The molecule has 1 aliphatic heterocycles. The Bertz CT molecular complexity index is 718. The van der Waals surface area contributed by atoms with Gasteiger partial charge in [-0.15, -0.1) is 0 Å². The van der Waals surface area contributed by atoms with E-state index < -0.39 is 0 Å². The summed E-state index contributed by atoms with van der Waals surface area (Å²) in [6.45, 7) is 5.87. The molecule has 7 nitrogen and oxygen atoms in total. The SMILES string of the molecule is COc1ccc(CN(Cc2ccncc2)C(=O)NCCN2CCOCC2)cc1. The molecule has 0 bridgehead atoms. The molecule has 0 atom stereocenters. The van der Waals surface area contributed by atoms with Gasteiger partial charge in [0.25, 0.3) is 0 Å². The largest absolute Gasteiger partial charge is 0.497 e. The van der Waals surface area contributed by atoms with Crippen molar-refractivity contribution in [2.24, 2.45) is 0 Å². The van der Waals surface area contributed by atoms with E-state index in [1.165, 1.54) is 0 Å². The molecule has 1 N–H and O–H groups in total. The summed E-state index contributed by atoms with van der Waals surface area (Å²) >= 11 is 0. The Labute approximate surface area is 166 Å². The minimum absolute atomic E-state index is 0.0686. The fourth-order valence-electron chi connectivity index (χ4n) is 3.12. The third-order valence-corrected chi connectivity index (χ3v) is 4.75. The highest BCUT2D eigenvalue weighted by Gasteiger charge is 2.16. The normalized spacial score (nSPS) is 14.5. The number of carbonyl (C=O) groups excluding carboxylic acids is 1. The molecule has 0 radical (unpaired) electrons. The van der Waals surface area contributed by atoms with Gasteiger partial charge >= 0.3 is 6.03 Å². The van der Waals surface area contributed by atoms with E-state index in [4.69, 9.17) is 9.47 Å². The quantitative estimate of drug-likeness (QED) is 0.755. The molecular formula is C21H28N4O3. The number of nitrogens with zero attached hydrogens (tertiary/aromatic N) is 3. The Morgan fingerprint density at radius 1 is 1.11 bits per heavy atom. The van der Waals surface area contributed by atoms with Crippen LogP contribution in [0.15, 0.2) is 48.8 Å². The van der Waals surface area contributed by atoms with Crippen molar-refractivity contribution in [2.45, 2.75) is 13.1 Å². The summed E-state index contributed by atoms with van der Waals surface area (Å²) < 4.78 is 10.6. The molecule has 0 aliphatic carbocycles. The Kier molecular flexibility index (Phi) is 7.63. The molecule has 0 unspecified atom stereocenters. The molecule has 0 saturated carbocycles. The van der Waals surface area contributed by atoms with Crippen molar-refractivity contribution < 1.29 is 14.3 Å². The van der Waals surface area contributed by atoms with Gasteiger partial charge < -0.3 is 19.7 Å². The van der Waals surface area contributed by atoms with Gasteiger partial charge in [0.05, 0.1) is 20.3 Å². The number of hydrogen-bond donors (Lipinski definition) is 1. The summed E-state index contributed by atoms with van der Waals surface area (Å²) in [5, 5.41) is 3.06. The average molecular weight is 384 g/mol.